The van der Waals surface area contributed by atoms with E-state index in [1.54, 1.807) is 0 Å². The summed E-state index contributed by atoms with van der Waals surface area (Å²) in [5, 5.41) is 0. The van der Waals surface area contributed by atoms with E-state index in [2.05, 4.69) is 4.99 Å². The number of nitrogens with zero attached hydrogens (tertiary/aromatic N) is 2. The molecule has 2 aliphatic carbocycles. The van der Waals surface area contributed by atoms with Crippen LogP contribution in [0.2, 0.25) is 0 Å². The summed E-state index contributed by atoms with van der Waals surface area (Å²) >= 11 is 0. The first-order chi connectivity index (χ1) is 10.6. The van der Waals surface area contributed by atoms with Crippen LogP contribution in [0.15, 0.2) is 4.99 Å². The molecule has 4 aliphatic rings. The molecule has 0 aromatic rings. The van der Waals surface area contributed by atoms with E-state index in [-0.39, 0.29) is 6.02 Å². The molecule has 7 nitrogen and oxygen atoms in total. The van der Waals surface area contributed by atoms with Crippen LogP contribution in [0, 0.1) is 0 Å². The fourth-order valence-corrected chi connectivity index (χ4v) is 3.96. The van der Waals surface area contributed by atoms with Crippen LogP contribution in [-0.4, -0.2) is 34.6 Å². The molecule has 3 fully saturated rings. The highest BCUT2D eigenvalue weighted by Crippen LogP contribution is 2.44. The molecule has 120 valence electrons. The van der Waals surface area contributed by atoms with Crippen LogP contribution in [0.3, 0.4) is 0 Å². The first-order valence-electron chi connectivity index (χ1n) is 8.17. The summed E-state index contributed by atoms with van der Waals surface area (Å²) in [6, 6.07) is 0.0660. The fraction of sp³-hybridized carbons (Fsp3) is 0.800. The Morgan fingerprint density at radius 2 is 1.45 bits per heavy atom. The topological polar surface area (TPSA) is 77.4 Å². The smallest absolute Gasteiger partial charge is 0.421 e. The second-order valence-electron chi connectivity index (χ2n) is 6.55. The standard InChI is InChI=1S/C15H20N2O5/c18-12-16-11-17(14(21-12)7-3-1-4-8-14)13(19)22-15(20-11)9-5-2-6-10-15/h1-10H2. The van der Waals surface area contributed by atoms with Gasteiger partial charge in [0.1, 0.15) is 0 Å². The predicted molar refractivity (Wildman–Crippen MR) is 75.0 cm³/mol. The molecule has 2 heterocycles. The van der Waals surface area contributed by atoms with E-state index in [1.165, 1.54) is 4.90 Å². The highest BCUT2D eigenvalue weighted by Gasteiger charge is 2.57. The highest BCUT2D eigenvalue weighted by atomic mass is 16.8. The largest absolute Gasteiger partial charge is 0.440 e. The Hall–Kier alpha value is -1.79. The molecule has 7 heteroatoms. The van der Waals surface area contributed by atoms with Crippen molar-refractivity contribution in [3.05, 3.63) is 0 Å². The van der Waals surface area contributed by atoms with Crippen molar-refractivity contribution in [2.75, 3.05) is 0 Å². The molecule has 1 saturated heterocycles. The van der Waals surface area contributed by atoms with Crippen LogP contribution >= 0.6 is 0 Å². The second kappa shape index (κ2) is 4.86. The van der Waals surface area contributed by atoms with Crippen molar-refractivity contribution in [1.29, 1.82) is 0 Å². The van der Waals surface area contributed by atoms with E-state index in [1.807, 2.05) is 0 Å². The number of carbonyl (C=O) groups is 2. The molecule has 0 radical (unpaired) electrons. The van der Waals surface area contributed by atoms with Gasteiger partial charge in [0.05, 0.1) is 0 Å². The first kappa shape index (κ1) is 13.8. The third-order valence-corrected chi connectivity index (χ3v) is 5.05. The normalized spacial score (nSPS) is 29.3. The van der Waals surface area contributed by atoms with E-state index in [0.717, 1.165) is 38.5 Å². The summed E-state index contributed by atoms with van der Waals surface area (Å²) in [6.45, 7) is 0. The molecule has 4 rings (SSSR count). The van der Waals surface area contributed by atoms with E-state index >= 15 is 0 Å². The minimum absolute atomic E-state index is 0.0660. The molecule has 0 aromatic heterocycles. The van der Waals surface area contributed by atoms with Crippen LogP contribution in [0.4, 0.5) is 9.59 Å². The van der Waals surface area contributed by atoms with Crippen molar-refractivity contribution in [3.63, 3.8) is 0 Å². The molecular formula is C15H20N2O5. The second-order valence-corrected chi connectivity index (χ2v) is 6.55. The van der Waals surface area contributed by atoms with E-state index in [0.29, 0.717) is 25.7 Å². The third kappa shape index (κ3) is 2.06. The van der Waals surface area contributed by atoms with Gasteiger partial charge in [0.25, 0.3) is 5.79 Å². The maximum atomic E-state index is 12.6. The van der Waals surface area contributed by atoms with Gasteiger partial charge in [-0.15, -0.1) is 4.99 Å². The molecule has 0 atom stereocenters. The van der Waals surface area contributed by atoms with E-state index in [4.69, 9.17) is 14.2 Å². The minimum Gasteiger partial charge on any atom is -0.421 e. The number of hydrogen-bond acceptors (Lipinski definition) is 5. The quantitative estimate of drug-likeness (QED) is 0.686. The molecule has 2 amide bonds. The van der Waals surface area contributed by atoms with Crippen LogP contribution in [0.1, 0.15) is 64.2 Å². The van der Waals surface area contributed by atoms with Crippen LogP contribution in [0.5, 0.6) is 0 Å². The Labute approximate surface area is 128 Å². The zero-order valence-corrected chi connectivity index (χ0v) is 12.5. The summed E-state index contributed by atoms with van der Waals surface area (Å²) in [5.41, 5.74) is -0.972. The number of amides is 2. The maximum Gasteiger partial charge on any atom is 0.440 e. The van der Waals surface area contributed by atoms with E-state index in [9.17, 15) is 9.59 Å². The molecule has 0 N–H and O–H groups in total. The Balaban J connectivity index is 1.68. The van der Waals surface area contributed by atoms with Gasteiger partial charge in [0, 0.05) is 25.7 Å². The Bertz CT molecular complexity index is 532. The Morgan fingerprint density at radius 3 is 2.14 bits per heavy atom. The van der Waals surface area contributed by atoms with Crippen LogP contribution < -0.4 is 0 Å². The molecule has 2 spiro atoms. The van der Waals surface area contributed by atoms with E-state index < -0.39 is 23.7 Å². The van der Waals surface area contributed by atoms with Crippen LogP contribution in [0.25, 0.3) is 0 Å². The molecule has 0 aromatic carbocycles. The van der Waals surface area contributed by atoms with Gasteiger partial charge in [-0.2, -0.15) is 4.90 Å². The van der Waals surface area contributed by atoms with Crippen molar-refractivity contribution in [2.24, 2.45) is 4.99 Å². The third-order valence-electron chi connectivity index (χ3n) is 5.05. The average molecular weight is 308 g/mol. The summed E-state index contributed by atoms with van der Waals surface area (Å²) < 4.78 is 17.0. The molecular weight excluding hydrogens is 288 g/mol. The van der Waals surface area contributed by atoms with Gasteiger partial charge in [0.15, 0.2) is 0 Å². The molecule has 2 aliphatic heterocycles. The van der Waals surface area contributed by atoms with Gasteiger partial charge in [0.2, 0.25) is 5.72 Å². The fourth-order valence-electron chi connectivity index (χ4n) is 3.96. The van der Waals surface area contributed by atoms with Crippen molar-refractivity contribution >= 4 is 18.2 Å². The van der Waals surface area contributed by atoms with Crippen molar-refractivity contribution in [3.8, 4) is 0 Å². The zero-order chi connectivity index (χ0) is 15.2. The number of amidine groups is 1. The van der Waals surface area contributed by atoms with Crippen molar-refractivity contribution in [1.82, 2.24) is 4.90 Å². The highest BCUT2D eigenvalue weighted by molar-refractivity contribution is 5.99. The van der Waals surface area contributed by atoms with Gasteiger partial charge in [-0.1, -0.05) is 12.8 Å². The maximum absolute atomic E-state index is 12.6. The SMILES string of the molecule is O=C1N=C2OC3(CCCCC3)OC(=O)N2C2(CCCCC2)O1. The average Bonchev–Trinajstić information content (AvgIpc) is 2.47. The number of aliphatic imine (C=N–C) groups is 1. The summed E-state index contributed by atoms with van der Waals surface area (Å²) in [6.07, 6.45) is 7.17. The minimum atomic E-state index is -0.972. The molecule has 22 heavy (non-hydrogen) atoms. The Kier molecular flexibility index (Phi) is 3.06. The lowest BCUT2D eigenvalue weighted by Gasteiger charge is -2.51. The van der Waals surface area contributed by atoms with Gasteiger partial charge in [-0.25, -0.2) is 9.59 Å². The molecule has 0 unspecified atom stereocenters. The lowest BCUT2D eigenvalue weighted by Crippen LogP contribution is -2.66. The predicted octanol–water partition coefficient (Wildman–Crippen LogP) is 3.28. The number of ether oxygens (including phenoxy) is 3. The lowest BCUT2D eigenvalue weighted by molar-refractivity contribution is -0.226. The van der Waals surface area contributed by atoms with Gasteiger partial charge >= 0.3 is 18.2 Å². The van der Waals surface area contributed by atoms with Gasteiger partial charge in [-0.05, 0) is 25.7 Å². The van der Waals surface area contributed by atoms with Gasteiger partial charge in [-0.3, -0.25) is 0 Å². The van der Waals surface area contributed by atoms with Crippen molar-refractivity contribution in [2.45, 2.75) is 75.7 Å². The lowest BCUT2D eigenvalue weighted by atomic mass is 9.89. The molecule has 0 bridgehead atoms. The summed E-state index contributed by atoms with van der Waals surface area (Å²) in [5.74, 6) is -0.946. The number of rotatable bonds is 0. The summed E-state index contributed by atoms with van der Waals surface area (Å²) in [4.78, 5) is 29.7. The summed E-state index contributed by atoms with van der Waals surface area (Å²) in [7, 11) is 0. The number of fused-ring (bicyclic) bond motifs is 2. The van der Waals surface area contributed by atoms with Crippen molar-refractivity contribution < 1.29 is 23.8 Å². The van der Waals surface area contributed by atoms with Gasteiger partial charge < -0.3 is 14.2 Å². The van der Waals surface area contributed by atoms with Crippen LogP contribution in [-0.2, 0) is 14.2 Å². The monoisotopic (exact) mass is 308 g/mol. The number of hydrogen-bond donors (Lipinski definition) is 0. The molecule has 2 saturated carbocycles. The Morgan fingerprint density at radius 1 is 0.818 bits per heavy atom. The zero-order valence-electron chi connectivity index (χ0n) is 12.5. The first-order valence-corrected chi connectivity index (χ1v) is 8.17. The number of carbonyl (C=O) groups excluding carboxylic acids is 2.